The van der Waals surface area contributed by atoms with Gasteiger partial charge in [-0.1, -0.05) is 84.9 Å². The van der Waals surface area contributed by atoms with Crippen molar-refractivity contribution >= 4 is 46.6 Å². The smallest absolute Gasteiger partial charge is 0.410 e. The van der Waals surface area contributed by atoms with Gasteiger partial charge in [-0.15, -0.1) is 20.4 Å². The number of anilines is 2. The molecule has 2 aliphatic rings. The Labute approximate surface area is 426 Å². The minimum absolute atomic E-state index is 0.177. The number of benzene rings is 4. The van der Waals surface area contributed by atoms with Crippen LogP contribution in [0.1, 0.15) is 93.9 Å². The van der Waals surface area contributed by atoms with Crippen LogP contribution in [0.3, 0.4) is 0 Å². The van der Waals surface area contributed by atoms with Crippen molar-refractivity contribution < 1.29 is 28.7 Å². The number of carbonyl (C=O) groups excluding carboxylic acids is 4. The van der Waals surface area contributed by atoms with E-state index in [4.69, 9.17) is 26.8 Å². The molecule has 4 aromatic carbocycles. The largest absolute Gasteiger partial charge is 0.445 e. The van der Waals surface area contributed by atoms with Gasteiger partial charge in [-0.3, -0.25) is 19.4 Å². The highest BCUT2D eigenvalue weighted by Crippen LogP contribution is 2.28. The summed E-state index contributed by atoms with van der Waals surface area (Å²) in [5.41, 5.74) is 13.7. The Morgan fingerprint density at radius 2 is 1.04 bits per heavy atom. The maximum Gasteiger partial charge on any atom is 0.410 e. The van der Waals surface area contributed by atoms with Gasteiger partial charge in [0.2, 0.25) is 0 Å². The molecule has 0 saturated carbocycles. The van der Waals surface area contributed by atoms with E-state index in [1.54, 1.807) is 52.8 Å². The van der Waals surface area contributed by atoms with Crippen molar-refractivity contribution in [1.29, 1.82) is 0 Å². The summed E-state index contributed by atoms with van der Waals surface area (Å²) in [4.78, 5) is 60.8. The lowest BCUT2D eigenvalue weighted by Crippen LogP contribution is -2.26. The van der Waals surface area contributed by atoms with Crippen LogP contribution in [-0.4, -0.2) is 72.6 Å². The molecule has 3 N–H and O–H groups in total. The first-order chi connectivity index (χ1) is 35.3. The first kappa shape index (κ1) is 50.6. The van der Waals surface area contributed by atoms with E-state index in [0.29, 0.717) is 66.5 Å². The van der Waals surface area contributed by atoms with E-state index in [1.807, 2.05) is 126 Å². The molecule has 0 saturated heterocycles. The number of hydrogen-bond acceptors (Lipinski definition) is 13. The summed E-state index contributed by atoms with van der Waals surface area (Å²) >= 11 is 5.48. The molecule has 0 aliphatic carbocycles. The molecule has 3 amide bonds. The van der Waals surface area contributed by atoms with Crippen LogP contribution in [-0.2, 0) is 48.9 Å². The lowest BCUT2D eigenvalue weighted by atomic mass is 10.1. The number of nitrogens with one attached hydrogen (secondary N) is 1. The number of amides is 3. The number of ether oxygens (including phenoxy) is 2. The number of halogens is 1. The van der Waals surface area contributed by atoms with Crippen molar-refractivity contribution in [3.63, 3.8) is 0 Å². The summed E-state index contributed by atoms with van der Waals surface area (Å²) in [5.74, 6) is 2.02. The minimum atomic E-state index is -0.493. The summed E-state index contributed by atoms with van der Waals surface area (Å²) < 4.78 is 14.6. The molecule has 0 bridgehead atoms. The predicted octanol–water partition coefficient (Wildman–Crippen LogP) is 10.0. The molecule has 10 rings (SSSR count). The normalized spacial score (nSPS) is 12.3. The third-order valence-corrected chi connectivity index (χ3v) is 12.0. The van der Waals surface area contributed by atoms with Crippen LogP contribution in [0.25, 0.3) is 23.0 Å². The van der Waals surface area contributed by atoms with Crippen LogP contribution in [0, 0.1) is 0 Å². The van der Waals surface area contributed by atoms with Crippen LogP contribution >= 0.6 is 11.6 Å². The van der Waals surface area contributed by atoms with Crippen molar-refractivity contribution in [3.05, 3.63) is 191 Å². The number of rotatable bonds is 11. The molecule has 8 aromatic rings. The molecular formula is C54H53ClN12O6. The fourth-order valence-corrected chi connectivity index (χ4v) is 8.05. The lowest BCUT2D eigenvalue weighted by Gasteiger charge is -2.15. The average Bonchev–Trinajstić information content (AvgIpc) is 4.25. The molecule has 0 radical (unpaired) electrons. The van der Waals surface area contributed by atoms with Gasteiger partial charge in [-0.05, 0) is 121 Å². The van der Waals surface area contributed by atoms with Gasteiger partial charge in [-0.25, -0.2) is 19.6 Å². The third kappa shape index (κ3) is 13.0. The molecule has 0 atom stereocenters. The molecular weight excluding hydrogens is 948 g/mol. The Kier molecular flexibility index (Phi) is 16.2. The van der Waals surface area contributed by atoms with Crippen LogP contribution in [0.2, 0.25) is 0 Å². The zero-order valence-corrected chi connectivity index (χ0v) is 41.4. The van der Waals surface area contributed by atoms with E-state index in [2.05, 4.69) is 49.5 Å². The van der Waals surface area contributed by atoms with Gasteiger partial charge in [0.15, 0.2) is 11.6 Å². The number of pyridine rings is 2. The summed E-state index contributed by atoms with van der Waals surface area (Å²) in [6, 6.07) is 41.1. The second-order valence-electron chi connectivity index (χ2n) is 17.7. The lowest BCUT2D eigenvalue weighted by molar-refractivity contribution is 0.0949. The van der Waals surface area contributed by atoms with Crippen molar-refractivity contribution in [1.82, 2.24) is 49.3 Å². The number of hydrogen-bond donors (Lipinski definition) is 2. The van der Waals surface area contributed by atoms with Crippen molar-refractivity contribution in [3.8, 4) is 23.0 Å². The fraction of sp³-hybridized carbons (Fsp3) is 0.222. The quantitative estimate of drug-likeness (QED) is 0.115. The summed E-state index contributed by atoms with van der Waals surface area (Å²) in [6.45, 7) is 10.4. The SMILES string of the molecule is CC(C)n1cnnc1-c1cccc(N)n1.CC(C)n1cnnc1-c1cccc(NC(=O)c2ccc3c(c2)CN(C(=O)OCc2ccccc2)C3)n1.O=C(Cl)c1ccc2c(c1)CN(C(=O)OCc1ccccc1)C2. The molecule has 0 fully saturated rings. The number of nitrogens with two attached hydrogens (primary N) is 1. The van der Waals surface area contributed by atoms with Crippen molar-refractivity contribution in [2.75, 3.05) is 11.1 Å². The van der Waals surface area contributed by atoms with E-state index >= 15 is 0 Å². The van der Waals surface area contributed by atoms with E-state index in [0.717, 1.165) is 44.9 Å². The highest BCUT2D eigenvalue weighted by atomic mass is 35.5. The molecule has 4 aromatic heterocycles. The first-order valence-electron chi connectivity index (χ1n) is 23.4. The van der Waals surface area contributed by atoms with Crippen molar-refractivity contribution in [2.45, 2.75) is 79.2 Å². The Morgan fingerprint density at radius 1 is 0.575 bits per heavy atom. The number of carbonyl (C=O) groups is 4. The van der Waals surface area contributed by atoms with Crippen LogP contribution in [0.15, 0.2) is 146 Å². The Hall–Kier alpha value is -8.77. The van der Waals surface area contributed by atoms with E-state index in [1.165, 1.54) is 0 Å². The number of nitrogens with zero attached hydrogens (tertiary/aromatic N) is 10. The molecule has 372 valence electrons. The third-order valence-electron chi connectivity index (χ3n) is 11.8. The maximum absolute atomic E-state index is 13.0. The number of aromatic nitrogens is 8. The standard InChI is InChI=1S/C27H26N6O3.C17H14ClNO3.C10H13N5/c1-18(2)33-17-28-31-25(33)23-9-6-10-24(29-23)30-26(34)20-11-12-21-14-32(15-22(21)13-20)27(35)36-16-19-7-4-3-5-8-19;18-16(20)13-6-7-14-9-19(10-15(14)8-13)17(21)22-11-12-4-2-1-3-5-12;1-7(2)15-6-12-14-10(15)8-4-3-5-9(11)13-8/h3-13,17-18H,14-16H2,1-2H3,(H,29,30,34);1-8H,9-11H2;3-7H,1-2H3,(H2,11,13). The first-order valence-corrected chi connectivity index (χ1v) is 23.8. The van der Waals surface area contributed by atoms with E-state index in [-0.39, 0.29) is 37.3 Å². The maximum atomic E-state index is 13.0. The molecule has 2 aliphatic heterocycles. The van der Waals surface area contributed by atoms with Gasteiger partial charge >= 0.3 is 12.2 Å². The van der Waals surface area contributed by atoms with Gasteiger partial charge in [0, 0.05) is 49.4 Å². The van der Waals surface area contributed by atoms with E-state index < -0.39 is 5.24 Å². The highest BCUT2D eigenvalue weighted by Gasteiger charge is 2.27. The minimum Gasteiger partial charge on any atom is -0.445 e. The second-order valence-corrected chi connectivity index (χ2v) is 18.0. The van der Waals surface area contributed by atoms with Crippen LogP contribution in [0.4, 0.5) is 21.2 Å². The Bertz CT molecular complexity index is 3220. The van der Waals surface area contributed by atoms with Gasteiger partial charge in [0.05, 0.1) is 0 Å². The fourth-order valence-electron chi connectivity index (χ4n) is 7.93. The van der Waals surface area contributed by atoms with Crippen molar-refractivity contribution in [2.24, 2.45) is 0 Å². The number of nitrogen functional groups attached to an aromatic ring is 1. The van der Waals surface area contributed by atoms with Gasteiger partial charge < -0.3 is 29.7 Å². The van der Waals surface area contributed by atoms with Gasteiger partial charge in [-0.2, -0.15) is 0 Å². The Morgan fingerprint density at radius 3 is 1.53 bits per heavy atom. The van der Waals surface area contributed by atoms with Crippen LogP contribution < -0.4 is 11.1 Å². The topological polar surface area (TPSA) is 218 Å². The predicted molar refractivity (Wildman–Crippen MR) is 274 cm³/mol. The molecule has 73 heavy (non-hydrogen) atoms. The zero-order chi connectivity index (χ0) is 51.4. The molecule has 18 nitrogen and oxygen atoms in total. The van der Waals surface area contributed by atoms with E-state index in [9.17, 15) is 19.2 Å². The molecule has 6 heterocycles. The summed E-state index contributed by atoms with van der Waals surface area (Å²) in [7, 11) is 0. The van der Waals surface area contributed by atoms with Gasteiger partial charge in [0.25, 0.3) is 11.1 Å². The molecule has 0 unspecified atom stereocenters. The summed E-state index contributed by atoms with van der Waals surface area (Å²) in [5, 5.41) is 18.5. The zero-order valence-electron chi connectivity index (χ0n) is 40.6. The Balaban J connectivity index is 0.000000162. The van der Waals surface area contributed by atoms with Crippen LogP contribution in [0.5, 0.6) is 0 Å². The number of fused-ring (bicyclic) bond motifs is 2. The molecule has 0 spiro atoms. The molecule has 19 heteroatoms. The second kappa shape index (κ2) is 23.4. The summed E-state index contributed by atoms with van der Waals surface area (Å²) in [6.07, 6.45) is 2.62. The average molecular weight is 1000 g/mol. The highest BCUT2D eigenvalue weighted by molar-refractivity contribution is 6.67. The monoisotopic (exact) mass is 1000 g/mol. The van der Waals surface area contributed by atoms with Gasteiger partial charge in [0.1, 0.15) is 48.9 Å².